The van der Waals surface area contributed by atoms with Crippen LogP contribution in [-0.2, 0) is 9.59 Å². The monoisotopic (exact) mass is 457 g/mol. The second kappa shape index (κ2) is 8.18. The van der Waals surface area contributed by atoms with Gasteiger partial charge in [-0.25, -0.2) is 14.7 Å². The van der Waals surface area contributed by atoms with Gasteiger partial charge in [0.25, 0.3) is 11.8 Å². The Hall–Kier alpha value is -3.84. The van der Waals surface area contributed by atoms with Crippen LogP contribution in [0.3, 0.4) is 0 Å². The van der Waals surface area contributed by atoms with Crippen molar-refractivity contribution >= 4 is 23.4 Å². The molecule has 2 heterocycles. The second-order valence-corrected chi connectivity index (χ2v) is 8.92. The van der Waals surface area contributed by atoms with Gasteiger partial charge in [0.05, 0.1) is 17.6 Å². The Kier molecular flexibility index (Phi) is 5.29. The van der Waals surface area contributed by atoms with Gasteiger partial charge in [-0.1, -0.05) is 42.0 Å². The zero-order valence-corrected chi connectivity index (χ0v) is 19.1. The first kappa shape index (κ1) is 22.0. The number of imide groups is 1. The lowest BCUT2D eigenvalue weighted by molar-refractivity contribution is -0.123. The van der Waals surface area contributed by atoms with Gasteiger partial charge in [-0.2, -0.15) is 0 Å². The minimum atomic E-state index is -1.09. The highest BCUT2D eigenvalue weighted by molar-refractivity contribution is 6.25. The fourth-order valence-corrected chi connectivity index (χ4v) is 4.71. The highest BCUT2D eigenvalue weighted by Crippen LogP contribution is 2.43. The average molecular weight is 458 g/mol. The Morgan fingerprint density at radius 1 is 0.882 bits per heavy atom. The molecule has 0 radical (unpaired) electrons. The third-order valence-corrected chi connectivity index (χ3v) is 6.74. The van der Waals surface area contributed by atoms with Gasteiger partial charge < -0.3 is 0 Å². The number of nitrogens with one attached hydrogen (secondary N) is 1. The minimum absolute atomic E-state index is 0.236. The molecule has 1 N–H and O–H groups in total. The minimum Gasteiger partial charge on any atom is -0.274 e. The number of aryl methyl sites for hydroxylation is 3. The summed E-state index contributed by atoms with van der Waals surface area (Å²) in [5, 5.41) is 1.20. The van der Waals surface area contributed by atoms with Crippen molar-refractivity contribution in [3.05, 3.63) is 100 Å². The van der Waals surface area contributed by atoms with Gasteiger partial charge in [0.1, 0.15) is 11.9 Å². The van der Waals surface area contributed by atoms with Crippen molar-refractivity contribution < 1.29 is 18.8 Å². The van der Waals surface area contributed by atoms with E-state index < -0.39 is 41.5 Å². The molecule has 2 fully saturated rings. The molecule has 2 saturated heterocycles. The summed E-state index contributed by atoms with van der Waals surface area (Å²) in [4.78, 5) is 41.9. The number of hydrogen-bond donors (Lipinski definition) is 1. The van der Waals surface area contributed by atoms with Crippen LogP contribution in [0.25, 0.3) is 0 Å². The van der Waals surface area contributed by atoms with Crippen molar-refractivity contribution in [2.45, 2.75) is 32.9 Å². The lowest BCUT2D eigenvalue weighted by Gasteiger charge is -2.25. The highest BCUT2D eigenvalue weighted by Gasteiger charge is 2.60. The van der Waals surface area contributed by atoms with Crippen LogP contribution >= 0.6 is 0 Å². The highest BCUT2D eigenvalue weighted by atomic mass is 19.1. The normalized spacial score (nSPS) is 21.8. The number of hydrazine groups is 1. The van der Waals surface area contributed by atoms with E-state index in [0.717, 1.165) is 21.6 Å². The molecule has 5 rings (SSSR count). The molecular formula is C27H24FN3O3. The standard InChI is InChI=1S/C27H24FN3O3/c1-15-8-11-18(12-9-15)25(32)31-24-22(23(29-31)20-6-4-5-7-21(20)28)26(33)30(27(24)34)19-13-10-16(2)17(3)14-19/h4-14,22-24,29H,1-3H3/t22-,23+,24-/m0/s1. The molecule has 3 aromatic carbocycles. The van der Waals surface area contributed by atoms with Crippen molar-refractivity contribution in [3.63, 3.8) is 0 Å². The number of nitrogens with zero attached hydrogens (tertiary/aromatic N) is 2. The molecule has 3 aromatic rings. The molecular weight excluding hydrogens is 433 g/mol. The number of rotatable bonds is 3. The van der Waals surface area contributed by atoms with Crippen molar-refractivity contribution in [1.82, 2.24) is 10.4 Å². The molecule has 2 aliphatic rings. The fourth-order valence-electron chi connectivity index (χ4n) is 4.71. The summed E-state index contributed by atoms with van der Waals surface area (Å²) < 4.78 is 14.8. The van der Waals surface area contributed by atoms with E-state index in [9.17, 15) is 18.8 Å². The van der Waals surface area contributed by atoms with E-state index in [1.165, 1.54) is 11.1 Å². The Labute approximate surface area is 197 Å². The molecule has 3 atom stereocenters. The van der Waals surface area contributed by atoms with Crippen molar-refractivity contribution in [1.29, 1.82) is 0 Å². The number of benzene rings is 3. The molecule has 0 bridgehead atoms. The molecule has 7 heteroatoms. The fraction of sp³-hybridized carbons (Fsp3) is 0.222. The molecule has 0 aliphatic carbocycles. The number of anilines is 1. The quantitative estimate of drug-likeness (QED) is 0.604. The van der Waals surface area contributed by atoms with Crippen LogP contribution in [0.1, 0.15) is 38.7 Å². The van der Waals surface area contributed by atoms with Gasteiger partial charge in [-0.3, -0.25) is 19.4 Å². The predicted molar refractivity (Wildman–Crippen MR) is 125 cm³/mol. The van der Waals surface area contributed by atoms with E-state index in [4.69, 9.17) is 0 Å². The molecule has 0 saturated carbocycles. The first-order chi connectivity index (χ1) is 16.3. The first-order valence-electron chi connectivity index (χ1n) is 11.1. The van der Waals surface area contributed by atoms with Crippen LogP contribution in [-0.4, -0.2) is 28.8 Å². The maximum atomic E-state index is 14.8. The lowest BCUT2D eigenvalue weighted by Crippen LogP contribution is -2.48. The van der Waals surface area contributed by atoms with Gasteiger partial charge in [-0.15, -0.1) is 0 Å². The Balaban J connectivity index is 1.60. The van der Waals surface area contributed by atoms with Gasteiger partial charge >= 0.3 is 0 Å². The van der Waals surface area contributed by atoms with Crippen LogP contribution < -0.4 is 10.3 Å². The topological polar surface area (TPSA) is 69.7 Å². The maximum Gasteiger partial charge on any atom is 0.268 e. The smallest absolute Gasteiger partial charge is 0.268 e. The zero-order valence-electron chi connectivity index (χ0n) is 19.1. The van der Waals surface area contributed by atoms with E-state index in [1.807, 2.05) is 26.8 Å². The lowest BCUT2D eigenvalue weighted by atomic mass is 9.90. The van der Waals surface area contributed by atoms with Crippen molar-refractivity contribution in [3.8, 4) is 0 Å². The van der Waals surface area contributed by atoms with Crippen LogP contribution in [0.5, 0.6) is 0 Å². The molecule has 0 unspecified atom stereocenters. The summed E-state index contributed by atoms with van der Waals surface area (Å²) in [6.07, 6.45) is 0. The number of amides is 3. The third kappa shape index (κ3) is 3.40. The van der Waals surface area contributed by atoms with E-state index in [0.29, 0.717) is 11.3 Å². The molecule has 172 valence electrons. The Bertz CT molecular complexity index is 1320. The Morgan fingerprint density at radius 3 is 2.26 bits per heavy atom. The summed E-state index contributed by atoms with van der Waals surface area (Å²) >= 11 is 0. The summed E-state index contributed by atoms with van der Waals surface area (Å²) in [5.74, 6) is -2.88. The molecule has 3 amide bonds. The second-order valence-electron chi connectivity index (χ2n) is 8.92. The molecule has 0 spiro atoms. The van der Waals surface area contributed by atoms with Crippen LogP contribution in [0.15, 0.2) is 66.7 Å². The predicted octanol–water partition coefficient (Wildman–Crippen LogP) is 4.01. The summed E-state index contributed by atoms with van der Waals surface area (Å²) in [6.45, 7) is 5.76. The van der Waals surface area contributed by atoms with Gasteiger partial charge in [0.2, 0.25) is 5.91 Å². The number of hydrogen-bond acceptors (Lipinski definition) is 4. The zero-order chi connectivity index (χ0) is 24.1. The van der Waals surface area contributed by atoms with Gasteiger partial charge in [-0.05, 0) is 62.2 Å². The average Bonchev–Trinajstić information content (AvgIpc) is 3.33. The van der Waals surface area contributed by atoms with Gasteiger partial charge in [0, 0.05) is 11.1 Å². The van der Waals surface area contributed by atoms with Gasteiger partial charge in [0.15, 0.2) is 0 Å². The maximum absolute atomic E-state index is 14.8. The summed E-state index contributed by atoms with van der Waals surface area (Å²) in [6, 6.07) is 16.4. The number of carbonyl (C=O) groups is 3. The Morgan fingerprint density at radius 2 is 1.59 bits per heavy atom. The third-order valence-electron chi connectivity index (χ3n) is 6.74. The SMILES string of the molecule is Cc1ccc(C(=O)N2N[C@H](c3ccccc3F)[C@@H]3C(=O)N(c4ccc(C)c(C)c4)C(=O)[C@H]32)cc1. The van der Waals surface area contributed by atoms with Crippen LogP contribution in [0.2, 0.25) is 0 Å². The van der Waals surface area contributed by atoms with E-state index in [1.54, 1.807) is 54.6 Å². The van der Waals surface area contributed by atoms with E-state index in [2.05, 4.69) is 5.43 Å². The number of fused-ring (bicyclic) bond motifs is 1. The van der Waals surface area contributed by atoms with Crippen LogP contribution in [0.4, 0.5) is 10.1 Å². The van der Waals surface area contributed by atoms with E-state index >= 15 is 0 Å². The van der Waals surface area contributed by atoms with Crippen LogP contribution in [0, 0.1) is 32.5 Å². The largest absolute Gasteiger partial charge is 0.274 e. The first-order valence-corrected chi connectivity index (χ1v) is 11.1. The molecule has 0 aromatic heterocycles. The van der Waals surface area contributed by atoms with E-state index in [-0.39, 0.29) is 5.56 Å². The number of halogens is 1. The van der Waals surface area contributed by atoms with Crippen molar-refractivity contribution in [2.24, 2.45) is 5.92 Å². The van der Waals surface area contributed by atoms with Crippen molar-refractivity contribution in [2.75, 3.05) is 4.90 Å². The molecule has 6 nitrogen and oxygen atoms in total. The summed E-state index contributed by atoms with van der Waals surface area (Å²) in [7, 11) is 0. The number of carbonyl (C=O) groups excluding carboxylic acids is 3. The molecule has 2 aliphatic heterocycles. The summed E-state index contributed by atoms with van der Waals surface area (Å²) in [5.41, 5.74) is 7.00. The molecule has 34 heavy (non-hydrogen) atoms.